The average Bonchev–Trinajstić information content (AvgIpc) is 2.66. The minimum Gasteiger partial charge on any atom is -0.366 e. The Labute approximate surface area is 167 Å². The van der Waals surface area contributed by atoms with Gasteiger partial charge in [0.25, 0.3) is 0 Å². The van der Waals surface area contributed by atoms with Crippen LogP contribution in [0.5, 0.6) is 0 Å². The first-order valence-corrected chi connectivity index (χ1v) is 9.75. The van der Waals surface area contributed by atoms with Crippen molar-refractivity contribution in [1.82, 2.24) is 5.32 Å². The second-order valence-corrected chi connectivity index (χ2v) is 7.86. The number of anilines is 1. The molecule has 0 saturated heterocycles. The molecule has 2 aromatic rings. The Balaban J connectivity index is 2.05. The number of amides is 2. The van der Waals surface area contributed by atoms with Crippen molar-refractivity contribution in [2.24, 2.45) is 11.7 Å². The maximum atomic E-state index is 12.6. The van der Waals surface area contributed by atoms with Crippen LogP contribution < -0.4 is 16.4 Å². The van der Waals surface area contributed by atoms with Crippen LogP contribution >= 0.6 is 0 Å². The number of hydrogen-bond acceptors (Lipinski definition) is 3. The Morgan fingerprint density at radius 2 is 1.36 bits per heavy atom. The smallest absolute Gasteiger partial charge is 0.248 e. The van der Waals surface area contributed by atoms with Gasteiger partial charge in [0.1, 0.15) is 0 Å². The lowest BCUT2D eigenvalue weighted by molar-refractivity contribution is -0.118. The van der Waals surface area contributed by atoms with Gasteiger partial charge in [0.2, 0.25) is 11.8 Å². The number of nitrogens with one attached hydrogen (secondary N) is 2. The molecule has 0 aliphatic carbocycles. The molecule has 0 heterocycles. The van der Waals surface area contributed by atoms with Gasteiger partial charge in [-0.15, -0.1) is 0 Å². The number of hydrogen-bond donors (Lipinski definition) is 3. The molecule has 2 amide bonds. The third-order valence-corrected chi connectivity index (χ3v) is 4.89. The van der Waals surface area contributed by atoms with Crippen molar-refractivity contribution in [3.63, 3.8) is 0 Å². The molecular weight excluding hydrogens is 350 g/mol. The molecule has 28 heavy (non-hydrogen) atoms. The molecule has 0 radical (unpaired) electrons. The number of carbonyl (C=O) groups excluding carboxylic acids is 2. The van der Waals surface area contributed by atoms with Gasteiger partial charge in [-0.2, -0.15) is 0 Å². The average molecular weight is 382 g/mol. The van der Waals surface area contributed by atoms with Gasteiger partial charge in [-0.05, 0) is 54.2 Å². The minimum absolute atomic E-state index is 0.0687. The molecule has 0 fully saturated rings. The van der Waals surface area contributed by atoms with Gasteiger partial charge < -0.3 is 11.1 Å². The molecular formula is C23H31N3O2. The summed E-state index contributed by atoms with van der Waals surface area (Å²) in [6.07, 6.45) is 0. The summed E-state index contributed by atoms with van der Waals surface area (Å²) in [6, 6.07) is 14.8. The molecule has 2 aromatic carbocycles. The van der Waals surface area contributed by atoms with Crippen molar-refractivity contribution in [2.45, 2.75) is 52.6 Å². The van der Waals surface area contributed by atoms with Gasteiger partial charge in [-0.3, -0.25) is 14.9 Å². The highest BCUT2D eigenvalue weighted by Crippen LogP contribution is 2.25. The Hall–Kier alpha value is -2.66. The van der Waals surface area contributed by atoms with Crippen LogP contribution in [-0.4, -0.2) is 17.9 Å². The van der Waals surface area contributed by atoms with Crippen LogP contribution in [0.3, 0.4) is 0 Å². The van der Waals surface area contributed by atoms with E-state index in [1.807, 2.05) is 6.92 Å². The first-order valence-electron chi connectivity index (χ1n) is 9.75. The maximum Gasteiger partial charge on any atom is 0.248 e. The Morgan fingerprint density at radius 1 is 0.821 bits per heavy atom. The number of benzene rings is 2. The molecule has 0 aliphatic heterocycles. The summed E-state index contributed by atoms with van der Waals surface area (Å²) in [6.45, 7) is 10.5. The number of rotatable bonds is 8. The van der Waals surface area contributed by atoms with E-state index in [4.69, 9.17) is 5.73 Å². The summed E-state index contributed by atoms with van der Waals surface area (Å²) >= 11 is 0. The lowest BCUT2D eigenvalue weighted by Gasteiger charge is -2.27. The zero-order valence-corrected chi connectivity index (χ0v) is 17.3. The molecule has 5 nitrogen and oxygen atoms in total. The summed E-state index contributed by atoms with van der Waals surface area (Å²) in [7, 11) is 0. The lowest BCUT2D eigenvalue weighted by atomic mass is 9.93. The van der Waals surface area contributed by atoms with Crippen LogP contribution in [0.1, 0.15) is 68.1 Å². The largest absolute Gasteiger partial charge is 0.366 e. The second kappa shape index (κ2) is 9.51. The van der Waals surface area contributed by atoms with Crippen LogP contribution in [0, 0.1) is 5.92 Å². The highest BCUT2D eigenvalue weighted by atomic mass is 16.2. The molecule has 0 saturated carbocycles. The fourth-order valence-electron chi connectivity index (χ4n) is 3.08. The van der Waals surface area contributed by atoms with E-state index in [9.17, 15) is 9.59 Å². The van der Waals surface area contributed by atoms with E-state index >= 15 is 0 Å². The van der Waals surface area contributed by atoms with Crippen molar-refractivity contribution in [3.8, 4) is 0 Å². The van der Waals surface area contributed by atoms with Gasteiger partial charge in [0.05, 0.1) is 6.04 Å². The van der Waals surface area contributed by atoms with Crippen LogP contribution in [-0.2, 0) is 4.79 Å². The third kappa shape index (κ3) is 5.67. The van der Waals surface area contributed by atoms with Crippen molar-refractivity contribution >= 4 is 17.5 Å². The first-order chi connectivity index (χ1) is 13.2. The molecule has 0 unspecified atom stereocenters. The van der Waals surface area contributed by atoms with Crippen LogP contribution in [0.4, 0.5) is 5.69 Å². The van der Waals surface area contributed by atoms with E-state index in [0.29, 0.717) is 23.1 Å². The molecule has 0 bridgehead atoms. The summed E-state index contributed by atoms with van der Waals surface area (Å²) < 4.78 is 0. The molecule has 5 heteroatoms. The second-order valence-electron chi connectivity index (χ2n) is 7.86. The summed E-state index contributed by atoms with van der Waals surface area (Å²) in [5, 5.41) is 6.32. The zero-order chi connectivity index (χ0) is 20.8. The molecule has 2 rings (SSSR count). The zero-order valence-electron chi connectivity index (χ0n) is 17.3. The predicted molar refractivity (Wildman–Crippen MR) is 114 cm³/mol. The predicted octanol–water partition coefficient (Wildman–Crippen LogP) is 4.22. The molecule has 0 spiro atoms. The standard InChI is InChI=1S/C23H31N3O2/c1-14(2)17-6-8-18(9-7-17)21(15(3)4)25-16(5)23(28)26-20-12-10-19(11-13-20)22(24)27/h6-16,21,25H,1-5H3,(H2,24,27)(H,26,28)/t16-,21+/m1/s1. The summed E-state index contributed by atoms with van der Waals surface area (Å²) in [4.78, 5) is 23.7. The Bertz CT molecular complexity index is 796. The van der Waals surface area contributed by atoms with E-state index in [-0.39, 0.29) is 18.0 Å². The fraction of sp³-hybridized carbons (Fsp3) is 0.391. The SMILES string of the molecule is CC(C)c1ccc([C@@H](N[C@H](C)C(=O)Nc2ccc(C(N)=O)cc2)C(C)C)cc1. The van der Waals surface area contributed by atoms with E-state index < -0.39 is 5.91 Å². The Kier molecular flexibility index (Phi) is 7.35. The van der Waals surface area contributed by atoms with E-state index in [1.165, 1.54) is 11.1 Å². The monoisotopic (exact) mass is 381 g/mol. The quantitative estimate of drug-likeness (QED) is 0.640. The molecule has 0 aromatic heterocycles. The van der Waals surface area contributed by atoms with Gasteiger partial charge in [0.15, 0.2) is 0 Å². The van der Waals surface area contributed by atoms with Crippen molar-refractivity contribution in [1.29, 1.82) is 0 Å². The molecule has 0 aliphatic rings. The van der Waals surface area contributed by atoms with Gasteiger partial charge in [-0.1, -0.05) is 52.0 Å². The third-order valence-electron chi connectivity index (χ3n) is 4.89. The first kappa shape index (κ1) is 21.6. The fourth-order valence-corrected chi connectivity index (χ4v) is 3.08. The highest BCUT2D eigenvalue weighted by Gasteiger charge is 2.22. The highest BCUT2D eigenvalue weighted by molar-refractivity contribution is 5.96. The number of carbonyl (C=O) groups is 2. The summed E-state index contributed by atoms with van der Waals surface area (Å²) in [5.41, 5.74) is 8.76. The summed E-state index contributed by atoms with van der Waals surface area (Å²) in [5.74, 6) is 0.201. The van der Waals surface area contributed by atoms with E-state index in [1.54, 1.807) is 24.3 Å². The maximum absolute atomic E-state index is 12.6. The normalized spacial score (nSPS) is 13.4. The Morgan fingerprint density at radius 3 is 1.82 bits per heavy atom. The number of primary amides is 1. The van der Waals surface area contributed by atoms with Crippen molar-refractivity contribution in [2.75, 3.05) is 5.32 Å². The van der Waals surface area contributed by atoms with Crippen molar-refractivity contribution < 1.29 is 9.59 Å². The van der Waals surface area contributed by atoms with E-state index in [2.05, 4.69) is 62.6 Å². The van der Waals surface area contributed by atoms with Crippen LogP contribution in [0.25, 0.3) is 0 Å². The molecule has 150 valence electrons. The van der Waals surface area contributed by atoms with Crippen LogP contribution in [0.2, 0.25) is 0 Å². The topological polar surface area (TPSA) is 84.2 Å². The van der Waals surface area contributed by atoms with Gasteiger partial charge in [-0.25, -0.2) is 0 Å². The molecule has 4 N–H and O–H groups in total. The minimum atomic E-state index is -0.490. The van der Waals surface area contributed by atoms with Gasteiger partial charge in [0, 0.05) is 17.3 Å². The van der Waals surface area contributed by atoms with E-state index in [0.717, 1.165) is 0 Å². The lowest BCUT2D eigenvalue weighted by Crippen LogP contribution is -2.41. The van der Waals surface area contributed by atoms with Crippen LogP contribution in [0.15, 0.2) is 48.5 Å². The van der Waals surface area contributed by atoms with Crippen molar-refractivity contribution in [3.05, 3.63) is 65.2 Å². The van der Waals surface area contributed by atoms with Gasteiger partial charge >= 0.3 is 0 Å². The molecule has 2 atom stereocenters. The number of nitrogens with two attached hydrogens (primary N) is 1.